The number of rotatable bonds is 3. The molecule has 7 nitrogen and oxygen atoms in total. The lowest BCUT2D eigenvalue weighted by atomic mass is 10.1. The second kappa shape index (κ2) is 5.55. The Labute approximate surface area is 129 Å². The Morgan fingerprint density at radius 3 is 2.55 bits per heavy atom. The molecule has 2 rings (SSSR count). The van der Waals surface area contributed by atoms with Gasteiger partial charge in [0.1, 0.15) is 12.1 Å². The van der Waals surface area contributed by atoms with Crippen molar-refractivity contribution in [2.75, 3.05) is 0 Å². The zero-order valence-electron chi connectivity index (χ0n) is 14.0. The molecule has 7 heteroatoms. The van der Waals surface area contributed by atoms with Crippen molar-refractivity contribution in [3.63, 3.8) is 0 Å². The minimum atomic E-state index is -0.327. The van der Waals surface area contributed by atoms with E-state index >= 15 is 0 Å². The minimum absolute atomic E-state index is 0.0214. The van der Waals surface area contributed by atoms with Crippen LogP contribution in [0.5, 0.6) is 0 Å². The molecule has 2 aromatic heterocycles. The van der Waals surface area contributed by atoms with Gasteiger partial charge in [-0.05, 0) is 41.5 Å². The first-order valence-electron chi connectivity index (χ1n) is 7.36. The van der Waals surface area contributed by atoms with Crippen LogP contribution in [0.3, 0.4) is 0 Å². The van der Waals surface area contributed by atoms with Gasteiger partial charge in [-0.3, -0.25) is 14.3 Å². The zero-order valence-corrected chi connectivity index (χ0v) is 14.0. The molecule has 0 aromatic carbocycles. The van der Waals surface area contributed by atoms with Crippen LogP contribution in [0.25, 0.3) is 10.9 Å². The fourth-order valence-electron chi connectivity index (χ4n) is 2.34. The van der Waals surface area contributed by atoms with Gasteiger partial charge >= 0.3 is 0 Å². The predicted molar refractivity (Wildman–Crippen MR) is 84.8 cm³/mol. The van der Waals surface area contributed by atoms with E-state index in [9.17, 15) is 9.59 Å². The molecule has 2 aromatic rings. The summed E-state index contributed by atoms with van der Waals surface area (Å²) < 4.78 is 2.90. The molecule has 2 heterocycles. The molecule has 0 aliphatic carbocycles. The fourth-order valence-corrected chi connectivity index (χ4v) is 2.34. The normalized spacial score (nSPS) is 12.1. The van der Waals surface area contributed by atoms with Crippen LogP contribution in [0.2, 0.25) is 0 Å². The highest BCUT2D eigenvalue weighted by Gasteiger charge is 2.22. The SMILES string of the molecule is Cc1nn(CC(=O)NC(C)C)c(=O)c2c1cnn2C(C)(C)C. The fraction of sp³-hybridized carbons (Fsp3) is 0.600. The number of aryl methyl sites for hydroxylation is 1. The average Bonchev–Trinajstić information content (AvgIpc) is 2.79. The molecular formula is C15H23N5O2. The summed E-state index contributed by atoms with van der Waals surface area (Å²) in [6, 6.07) is 0.0214. The molecule has 0 aliphatic heterocycles. The summed E-state index contributed by atoms with van der Waals surface area (Å²) in [5.74, 6) is -0.231. The van der Waals surface area contributed by atoms with Crippen LogP contribution in [0.4, 0.5) is 0 Å². The molecule has 120 valence electrons. The Bertz CT molecular complexity index is 765. The summed E-state index contributed by atoms with van der Waals surface area (Å²) in [5, 5.41) is 12.0. The minimum Gasteiger partial charge on any atom is -0.352 e. The van der Waals surface area contributed by atoms with E-state index in [-0.39, 0.29) is 29.6 Å². The van der Waals surface area contributed by atoms with E-state index in [0.717, 1.165) is 5.39 Å². The predicted octanol–water partition coefficient (Wildman–Crippen LogP) is 1.18. The first-order valence-corrected chi connectivity index (χ1v) is 7.36. The van der Waals surface area contributed by atoms with E-state index in [4.69, 9.17) is 0 Å². The lowest BCUT2D eigenvalue weighted by Crippen LogP contribution is -2.38. The summed E-state index contributed by atoms with van der Waals surface area (Å²) >= 11 is 0. The van der Waals surface area contributed by atoms with Gasteiger partial charge in [-0.25, -0.2) is 4.68 Å². The number of amides is 1. The molecule has 0 atom stereocenters. The third-order valence-corrected chi connectivity index (χ3v) is 3.25. The van der Waals surface area contributed by atoms with Gasteiger partial charge in [0.25, 0.3) is 5.56 Å². The molecule has 22 heavy (non-hydrogen) atoms. The second-order valence-electron chi connectivity index (χ2n) is 6.76. The third-order valence-electron chi connectivity index (χ3n) is 3.25. The number of nitrogens with one attached hydrogen (secondary N) is 1. The summed E-state index contributed by atoms with van der Waals surface area (Å²) in [5.41, 5.74) is 0.541. The Balaban J connectivity index is 2.56. The van der Waals surface area contributed by atoms with Gasteiger partial charge in [-0.15, -0.1) is 0 Å². The van der Waals surface area contributed by atoms with Crippen molar-refractivity contribution in [2.45, 2.75) is 59.7 Å². The average molecular weight is 305 g/mol. The second-order valence-corrected chi connectivity index (χ2v) is 6.76. The lowest BCUT2D eigenvalue weighted by Gasteiger charge is -2.20. The van der Waals surface area contributed by atoms with Gasteiger partial charge in [0, 0.05) is 11.4 Å². The van der Waals surface area contributed by atoms with Gasteiger partial charge < -0.3 is 5.32 Å². The van der Waals surface area contributed by atoms with E-state index in [2.05, 4.69) is 15.5 Å². The van der Waals surface area contributed by atoms with Crippen LogP contribution in [-0.2, 0) is 16.9 Å². The third kappa shape index (κ3) is 3.03. The van der Waals surface area contributed by atoms with E-state index in [0.29, 0.717) is 11.2 Å². The van der Waals surface area contributed by atoms with Gasteiger partial charge in [0.2, 0.25) is 5.91 Å². The van der Waals surface area contributed by atoms with Crippen molar-refractivity contribution < 1.29 is 4.79 Å². The number of hydrogen-bond acceptors (Lipinski definition) is 4. The number of hydrogen-bond donors (Lipinski definition) is 1. The first kappa shape index (κ1) is 16.2. The van der Waals surface area contributed by atoms with Gasteiger partial charge in [0.15, 0.2) is 0 Å². The highest BCUT2D eigenvalue weighted by atomic mass is 16.2. The van der Waals surface area contributed by atoms with Crippen LogP contribution in [0.1, 0.15) is 40.3 Å². The lowest BCUT2D eigenvalue weighted by molar-refractivity contribution is -0.122. The summed E-state index contributed by atoms with van der Waals surface area (Å²) in [6.07, 6.45) is 1.66. The largest absolute Gasteiger partial charge is 0.352 e. The highest BCUT2D eigenvalue weighted by Crippen LogP contribution is 2.20. The molecular weight excluding hydrogens is 282 g/mol. The number of fused-ring (bicyclic) bond motifs is 1. The maximum Gasteiger partial charge on any atom is 0.293 e. The first-order chi connectivity index (χ1) is 10.1. The van der Waals surface area contributed by atoms with Crippen molar-refractivity contribution in [2.24, 2.45) is 0 Å². The highest BCUT2D eigenvalue weighted by molar-refractivity contribution is 5.81. The summed E-state index contributed by atoms with van der Waals surface area (Å²) in [4.78, 5) is 24.6. The maximum atomic E-state index is 12.7. The van der Waals surface area contributed by atoms with Crippen molar-refractivity contribution in [1.29, 1.82) is 0 Å². The molecule has 0 spiro atoms. The maximum absolute atomic E-state index is 12.7. The molecule has 1 amide bonds. The molecule has 0 radical (unpaired) electrons. The van der Waals surface area contributed by atoms with Crippen molar-refractivity contribution in [3.8, 4) is 0 Å². The smallest absolute Gasteiger partial charge is 0.293 e. The molecule has 0 unspecified atom stereocenters. The summed E-state index contributed by atoms with van der Waals surface area (Å²) in [6.45, 7) is 11.4. The van der Waals surface area contributed by atoms with Crippen LogP contribution in [0.15, 0.2) is 11.0 Å². The quantitative estimate of drug-likeness (QED) is 0.923. The number of carbonyl (C=O) groups is 1. The van der Waals surface area contributed by atoms with Crippen molar-refractivity contribution in [1.82, 2.24) is 24.9 Å². The van der Waals surface area contributed by atoms with Crippen LogP contribution < -0.4 is 10.9 Å². The molecule has 0 aliphatic rings. The Morgan fingerprint density at radius 2 is 2.00 bits per heavy atom. The molecule has 0 fully saturated rings. The standard InChI is InChI=1S/C15H23N5O2/c1-9(2)17-12(21)8-19-14(22)13-11(10(3)18-19)7-16-20(13)15(4,5)6/h7,9H,8H2,1-6H3,(H,17,21). The van der Waals surface area contributed by atoms with Gasteiger partial charge in [-0.1, -0.05) is 0 Å². The van der Waals surface area contributed by atoms with E-state index in [1.807, 2.05) is 41.5 Å². The Morgan fingerprint density at radius 1 is 1.36 bits per heavy atom. The van der Waals surface area contributed by atoms with E-state index in [1.165, 1.54) is 4.68 Å². The zero-order chi connectivity index (χ0) is 16.7. The van der Waals surface area contributed by atoms with Crippen LogP contribution in [-0.4, -0.2) is 31.5 Å². The Kier molecular flexibility index (Phi) is 4.08. The van der Waals surface area contributed by atoms with Crippen LogP contribution in [0, 0.1) is 6.92 Å². The molecule has 0 saturated heterocycles. The van der Waals surface area contributed by atoms with Crippen molar-refractivity contribution >= 4 is 16.8 Å². The van der Waals surface area contributed by atoms with Gasteiger partial charge in [-0.2, -0.15) is 10.2 Å². The van der Waals surface area contributed by atoms with E-state index in [1.54, 1.807) is 10.9 Å². The van der Waals surface area contributed by atoms with E-state index < -0.39 is 0 Å². The van der Waals surface area contributed by atoms with Crippen molar-refractivity contribution in [3.05, 3.63) is 22.2 Å². The number of aromatic nitrogens is 4. The number of nitrogens with zero attached hydrogens (tertiary/aromatic N) is 4. The van der Waals surface area contributed by atoms with Gasteiger partial charge in [0.05, 0.1) is 17.4 Å². The topological polar surface area (TPSA) is 81.8 Å². The summed E-state index contributed by atoms with van der Waals surface area (Å²) in [7, 11) is 0. The Hall–Kier alpha value is -2.18. The van der Waals surface area contributed by atoms with Crippen LogP contribution >= 0.6 is 0 Å². The molecule has 0 saturated carbocycles. The monoisotopic (exact) mass is 305 g/mol. The molecule has 1 N–H and O–H groups in total. The molecule has 0 bridgehead atoms. The number of carbonyl (C=O) groups excluding carboxylic acids is 1.